The maximum absolute atomic E-state index is 13.7. The number of urea groups is 1. The van der Waals surface area contributed by atoms with Crippen molar-refractivity contribution in [1.82, 2.24) is 15.1 Å². The number of aryl methyl sites for hydroxylation is 1. The average molecular weight is 553 g/mol. The van der Waals surface area contributed by atoms with E-state index in [0.717, 1.165) is 17.7 Å². The third kappa shape index (κ3) is 6.71. The van der Waals surface area contributed by atoms with Gasteiger partial charge in [-0.3, -0.25) is 19.3 Å². The summed E-state index contributed by atoms with van der Waals surface area (Å²) in [6.07, 6.45) is -1.87. The molecule has 39 heavy (non-hydrogen) atoms. The maximum Gasteiger partial charge on any atom is 0.323 e. The second-order valence-electron chi connectivity index (χ2n) is 9.08. The van der Waals surface area contributed by atoms with Gasteiger partial charge in [0.1, 0.15) is 5.82 Å². The Morgan fingerprint density at radius 1 is 0.949 bits per heavy atom. The van der Waals surface area contributed by atoms with Crippen LogP contribution in [0.4, 0.5) is 14.9 Å². The first kappa shape index (κ1) is 27.6. The van der Waals surface area contributed by atoms with Crippen LogP contribution in [-0.4, -0.2) is 58.0 Å². The number of anilines is 1. The number of aliphatic carboxylic acids is 1. The number of halogens is 2. The summed E-state index contributed by atoms with van der Waals surface area (Å²) in [5.74, 6) is -2.93. The van der Waals surface area contributed by atoms with E-state index in [4.69, 9.17) is 11.6 Å². The van der Waals surface area contributed by atoms with Crippen LogP contribution in [0.5, 0.6) is 0 Å². The fourth-order valence-electron chi connectivity index (χ4n) is 4.30. The van der Waals surface area contributed by atoms with Gasteiger partial charge < -0.3 is 20.6 Å². The molecule has 11 heteroatoms. The zero-order valence-corrected chi connectivity index (χ0v) is 21.7. The van der Waals surface area contributed by atoms with Crippen molar-refractivity contribution in [3.63, 3.8) is 0 Å². The van der Waals surface area contributed by atoms with Crippen LogP contribution in [0.1, 0.15) is 33.9 Å². The summed E-state index contributed by atoms with van der Waals surface area (Å²) in [5, 5.41) is 15.3. The third-order valence-corrected chi connectivity index (χ3v) is 6.54. The fourth-order valence-corrected chi connectivity index (χ4v) is 4.42. The lowest BCUT2D eigenvalue weighted by molar-refractivity contribution is -0.138. The van der Waals surface area contributed by atoms with Crippen molar-refractivity contribution < 1.29 is 28.7 Å². The predicted molar refractivity (Wildman–Crippen MR) is 143 cm³/mol. The average Bonchev–Trinajstić information content (AvgIpc) is 3.35. The first-order valence-corrected chi connectivity index (χ1v) is 12.5. The number of carbonyl (C=O) groups is 4. The Morgan fingerprint density at radius 2 is 1.56 bits per heavy atom. The van der Waals surface area contributed by atoms with Crippen LogP contribution >= 0.6 is 11.6 Å². The highest BCUT2D eigenvalue weighted by atomic mass is 35.5. The smallest absolute Gasteiger partial charge is 0.323 e. The molecule has 1 saturated heterocycles. The molecule has 1 aliphatic heterocycles. The van der Waals surface area contributed by atoms with Gasteiger partial charge in [0.2, 0.25) is 0 Å². The second-order valence-corrected chi connectivity index (χ2v) is 9.52. The van der Waals surface area contributed by atoms with Crippen LogP contribution in [0.2, 0.25) is 5.02 Å². The molecule has 1 heterocycles. The molecule has 2 unspecified atom stereocenters. The van der Waals surface area contributed by atoms with Crippen molar-refractivity contribution in [2.45, 2.75) is 25.6 Å². The molecule has 202 valence electrons. The monoisotopic (exact) mass is 552 g/mol. The number of carboxylic acid groups (broad SMARTS) is 1. The van der Waals surface area contributed by atoms with Gasteiger partial charge in [0.15, 0.2) is 6.17 Å². The lowest BCUT2D eigenvalue weighted by Gasteiger charge is -2.31. The number of carbonyl (C=O) groups excluding carboxylic acids is 3. The van der Waals surface area contributed by atoms with E-state index in [9.17, 15) is 28.7 Å². The van der Waals surface area contributed by atoms with E-state index in [0.29, 0.717) is 21.8 Å². The molecule has 4 amide bonds. The second kappa shape index (κ2) is 12.0. The van der Waals surface area contributed by atoms with Crippen LogP contribution in [0.25, 0.3) is 0 Å². The van der Waals surface area contributed by atoms with Crippen LogP contribution in [0.3, 0.4) is 0 Å². The summed E-state index contributed by atoms with van der Waals surface area (Å²) in [5.41, 5.74) is 2.07. The van der Waals surface area contributed by atoms with Gasteiger partial charge >= 0.3 is 12.0 Å². The molecular weight excluding hydrogens is 527 g/mol. The molecule has 3 N–H and O–H groups in total. The molecule has 9 nitrogen and oxygen atoms in total. The van der Waals surface area contributed by atoms with Crippen molar-refractivity contribution in [2.75, 3.05) is 18.4 Å². The maximum atomic E-state index is 13.7. The molecule has 2 atom stereocenters. The van der Waals surface area contributed by atoms with Gasteiger partial charge in [0.05, 0.1) is 12.5 Å². The number of nitrogens with zero attached hydrogens (tertiary/aromatic N) is 2. The van der Waals surface area contributed by atoms with Crippen molar-refractivity contribution in [1.29, 1.82) is 0 Å². The lowest BCUT2D eigenvalue weighted by atomic mass is 10.0. The van der Waals surface area contributed by atoms with Crippen molar-refractivity contribution in [2.24, 2.45) is 0 Å². The molecule has 0 radical (unpaired) electrons. The van der Waals surface area contributed by atoms with E-state index in [1.165, 1.54) is 21.9 Å². The van der Waals surface area contributed by atoms with Gasteiger partial charge in [-0.25, -0.2) is 9.18 Å². The van der Waals surface area contributed by atoms with E-state index in [-0.39, 0.29) is 13.1 Å². The van der Waals surface area contributed by atoms with E-state index in [1.54, 1.807) is 48.5 Å². The Hall–Kier alpha value is -4.44. The number of rotatable bonds is 7. The summed E-state index contributed by atoms with van der Waals surface area (Å²) < 4.78 is 13.5. The highest BCUT2D eigenvalue weighted by Crippen LogP contribution is 2.24. The minimum absolute atomic E-state index is 0.0508. The Morgan fingerprint density at radius 3 is 2.18 bits per heavy atom. The predicted octanol–water partition coefficient (Wildman–Crippen LogP) is 4.44. The van der Waals surface area contributed by atoms with Crippen LogP contribution in [0, 0.1) is 12.7 Å². The Balaban J connectivity index is 1.63. The van der Waals surface area contributed by atoms with Gasteiger partial charge in [0.25, 0.3) is 11.8 Å². The minimum atomic E-state index is -1.37. The highest BCUT2D eigenvalue weighted by Gasteiger charge is 2.43. The summed E-state index contributed by atoms with van der Waals surface area (Å²) in [6.45, 7) is 2.00. The Kier molecular flexibility index (Phi) is 8.46. The van der Waals surface area contributed by atoms with Crippen LogP contribution in [-0.2, 0) is 9.59 Å². The first-order chi connectivity index (χ1) is 18.6. The molecule has 0 aromatic heterocycles. The molecule has 3 aromatic carbocycles. The van der Waals surface area contributed by atoms with Crippen LogP contribution < -0.4 is 10.6 Å². The topological polar surface area (TPSA) is 119 Å². The van der Waals surface area contributed by atoms with Gasteiger partial charge in [0, 0.05) is 29.4 Å². The van der Waals surface area contributed by atoms with Gasteiger partial charge in [-0.05, 0) is 61.0 Å². The normalized spacial score (nSPS) is 15.5. The lowest BCUT2D eigenvalue weighted by Crippen LogP contribution is -2.55. The highest BCUT2D eigenvalue weighted by molar-refractivity contribution is 6.30. The third-order valence-electron chi connectivity index (χ3n) is 6.29. The Labute approximate surface area is 229 Å². The van der Waals surface area contributed by atoms with E-state index >= 15 is 0 Å². The van der Waals surface area contributed by atoms with E-state index < -0.39 is 48.3 Å². The van der Waals surface area contributed by atoms with E-state index in [1.807, 2.05) is 6.92 Å². The number of benzene rings is 3. The number of hydrogen-bond donors (Lipinski definition) is 3. The largest absolute Gasteiger partial charge is 0.481 e. The van der Waals surface area contributed by atoms with Crippen molar-refractivity contribution in [3.05, 3.63) is 100 Å². The Bertz CT molecular complexity index is 1370. The zero-order chi connectivity index (χ0) is 28.1. The summed E-state index contributed by atoms with van der Waals surface area (Å²) in [6, 6.07) is 16.6. The first-order valence-electron chi connectivity index (χ1n) is 12.1. The molecule has 4 rings (SSSR count). The number of carboxylic acids is 1. The number of nitrogens with one attached hydrogen (secondary N) is 2. The summed E-state index contributed by atoms with van der Waals surface area (Å²) in [7, 11) is 0. The quantitative estimate of drug-likeness (QED) is 0.400. The molecule has 0 bridgehead atoms. The van der Waals surface area contributed by atoms with Gasteiger partial charge in [-0.2, -0.15) is 0 Å². The van der Waals surface area contributed by atoms with Gasteiger partial charge in [-0.15, -0.1) is 0 Å². The number of amides is 4. The van der Waals surface area contributed by atoms with Crippen LogP contribution in [0.15, 0.2) is 72.8 Å². The van der Waals surface area contributed by atoms with E-state index in [2.05, 4.69) is 10.6 Å². The standard InChI is InChI=1S/C28H26ClFN4O5/c1-17-2-4-19(5-3-17)27(38)33-14-15-34(28(39)31-22-12-8-20(29)9-13-22)26(33)25(37)32-23(16-24(35)36)18-6-10-21(30)11-7-18/h2-13,23,26H,14-16H2,1H3,(H,31,39)(H,32,37)(H,35,36). The zero-order valence-electron chi connectivity index (χ0n) is 20.9. The van der Waals surface area contributed by atoms with Gasteiger partial charge in [-0.1, -0.05) is 41.4 Å². The molecule has 1 fully saturated rings. The fraction of sp³-hybridized carbons (Fsp3) is 0.214. The number of hydrogen-bond acceptors (Lipinski definition) is 4. The summed E-state index contributed by atoms with van der Waals surface area (Å²) >= 11 is 5.92. The van der Waals surface area contributed by atoms with Crippen molar-refractivity contribution >= 4 is 41.1 Å². The molecule has 0 aliphatic carbocycles. The minimum Gasteiger partial charge on any atom is -0.481 e. The molecule has 3 aromatic rings. The molecule has 1 aliphatic rings. The molecular formula is C28H26ClFN4O5. The van der Waals surface area contributed by atoms with Crippen molar-refractivity contribution in [3.8, 4) is 0 Å². The summed E-state index contributed by atoms with van der Waals surface area (Å²) in [4.78, 5) is 54.4. The molecule has 0 saturated carbocycles. The molecule has 0 spiro atoms. The SMILES string of the molecule is Cc1ccc(C(=O)N2CCN(C(=O)Nc3ccc(Cl)cc3)C2C(=O)NC(CC(=O)O)c2ccc(F)cc2)cc1.